The van der Waals surface area contributed by atoms with Gasteiger partial charge in [0.1, 0.15) is 0 Å². The van der Waals surface area contributed by atoms with Gasteiger partial charge in [-0.1, -0.05) is 6.08 Å². The Labute approximate surface area is 128 Å². The third-order valence-electron chi connectivity index (χ3n) is 2.61. The molecule has 0 radical (unpaired) electrons. The van der Waals surface area contributed by atoms with Gasteiger partial charge in [0, 0.05) is 26.3 Å². The summed E-state index contributed by atoms with van der Waals surface area (Å²) in [5.41, 5.74) is 1.27. The molecule has 7 nitrogen and oxygen atoms in total. The minimum absolute atomic E-state index is 0.233. The van der Waals surface area contributed by atoms with E-state index >= 15 is 0 Å². The Morgan fingerprint density at radius 2 is 1.86 bits per heavy atom. The molecule has 0 atom stereocenters. The molecule has 0 bridgehead atoms. The topological polar surface area (TPSA) is 87.7 Å². The summed E-state index contributed by atoms with van der Waals surface area (Å²) in [5, 5.41) is 4.39. The quantitative estimate of drug-likeness (QED) is 0.603. The number of nitrogens with zero attached hydrogens (tertiary/aromatic N) is 1. The van der Waals surface area contributed by atoms with Crippen molar-refractivity contribution in [3.05, 3.63) is 42.5 Å². The van der Waals surface area contributed by atoms with Crippen LogP contribution < -0.4 is 15.5 Å². The molecule has 7 heteroatoms. The first-order valence-corrected chi connectivity index (χ1v) is 6.57. The number of benzene rings is 1. The summed E-state index contributed by atoms with van der Waals surface area (Å²) in [4.78, 5) is 36.3. The van der Waals surface area contributed by atoms with E-state index in [2.05, 4.69) is 11.9 Å². The first kappa shape index (κ1) is 17.2. The highest BCUT2D eigenvalue weighted by molar-refractivity contribution is 5.97. The number of amides is 3. The molecule has 0 saturated carbocycles. The standard InChI is InChI=1S/C15H19N3O4/c1-4-9-16-15(21)17-13(19)10-22-14(20)11-5-7-12(8-6-11)18(2)3/h4-8H,1,9-10H2,2-3H3,(H2,16,17,19,21). The van der Waals surface area contributed by atoms with Crippen LogP contribution in [0.2, 0.25) is 0 Å². The molecule has 0 aliphatic carbocycles. The molecule has 0 spiro atoms. The first-order valence-electron chi connectivity index (χ1n) is 6.57. The van der Waals surface area contributed by atoms with Gasteiger partial charge in [-0.3, -0.25) is 10.1 Å². The van der Waals surface area contributed by atoms with E-state index in [1.54, 1.807) is 24.3 Å². The molecule has 0 fully saturated rings. The molecule has 0 unspecified atom stereocenters. The number of rotatable bonds is 6. The number of imide groups is 1. The van der Waals surface area contributed by atoms with Crippen LogP contribution in [0.3, 0.4) is 0 Å². The molecule has 1 aromatic carbocycles. The number of anilines is 1. The van der Waals surface area contributed by atoms with Crippen LogP contribution in [-0.4, -0.2) is 45.2 Å². The Bertz CT molecular complexity index is 552. The van der Waals surface area contributed by atoms with E-state index in [9.17, 15) is 14.4 Å². The van der Waals surface area contributed by atoms with E-state index in [1.807, 2.05) is 24.3 Å². The van der Waals surface area contributed by atoms with E-state index in [4.69, 9.17) is 4.74 Å². The van der Waals surface area contributed by atoms with Gasteiger partial charge in [-0.2, -0.15) is 0 Å². The average molecular weight is 305 g/mol. The largest absolute Gasteiger partial charge is 0.452 e. The number of nitrogens with one attached hydrogen (secondary N) is 2. The molecule has 0 saturated heterocycles. The number of ether oxygens (including phenoxy) is 1. The van der Waals surface area contributed by atoms with Crippen LogP contribution in [0.1, 0.15) is 10.4 Å². The Hall–Kier alpha value is -2.83. The van der Waals surface area contributed by atoms with Gasteiger partial charge in [-0.15, -0.1) is 6.58 Å². The molecule has 3 amide bonds. The van der Waals surface area contributed by atoms with Crippen LogP contribution in [0.4, 0.5) is 10.5 Å². The number of carbonyl (C=O) groups excluding carboxylic acids is 3. The number of hydrogen-bond acceptors (Lipinski definition) is 5. The Morgan fingerprint density at radius 1 is 1.23 bits per heavy atom. The second-order valence-corrected chi connectivity index (χ2v) is 4.56. The van der Waals surface area contributed by atoms with Crippen LogP contribution in [0.5, 0.6) is 0 Å². The number of urea groups is 1. The van der Waals surface area contributed by atoms with E-state index < -0.39 is 24.5 Å². The van der Waals surface area contributed by atoms with Crippen LogP contribution >= 0.6 is 0 Å². The van der Waals surface area contributed by atoms with Crippen LogP contribution in [0.25, 0.3) is 0 Å². The highest BCUT2D eigenvalue weighted by Gasteiger charge is 2.12. The molecule has 0 aliphatic rings. The highest BCUT2D eigenvalue weighted by Crippen LogP contribution is 2.12. The Kier molecular flexibility index (Phi) is 6.62. The number of carbonyl (C=O) groups is 3. The normalized spacial score (nSPS) is 9.55. The van der Waals surface area contributed by atoms with Crippen molar-refractivity contribution in [3.8, 4) is 0 Å². The zero-order valence-electron chi connectivity index (χ0n) is 12.6. The summed E-state index contributed by atoms with van der Waals surface area (Å²) in [5.74, 6) is -1.34. The maximum absolute atomic E-state index is 11.8. The maximum atomic E-state index is 11.8. The van der Waals surface area contributed by atoms with Crippen molar-refractivity contribution in [2.75, 3.05) is 32.1 Å². The SMILES string of the molecule is C=CCNC(=O)NC(=O)COC(=O)c1ccc(N(C)C)cc1. The average Bonchev–Trinajstić information content (AvgIpc) is 2.50. The van der Waals surface area contributed by atoms with Crippen LogP contribution in [0, 0.1) is 0 Å². The van der Waals surface area contributed by atoms with Gasteiger partial charge in [-0.05, 0) is 24.3 Å². The summed E-state index contributed by atoms with van der Waals surface area (Å²) in [6, 6.07) is 6.06. The van der Waals surface area contributed by atoms with Crippen molar-refractivity contribution in [1.29, 1.82) is 0 Å². The van der Waals surface area contributed by atoms with Gasteiger partial charge < -0.3 is 15.0 Å². The predicted molar refractivity (Wildman–Crippen MR) is 82.8 cm³/mol. The van der Waals surface area contributed by atoms with E-state index in [0.29, 0.717) is 5.56 Å². The molecule has 0 aromatic heterocycles. The smallest absolute Gasteiger partial charge is 0.338 e. The van der Waals surface area contributed by atoms with E-state index in [-0.39, 0.29) is 6.54 Å². The van der Waals surface area contributed by atoms with Gasteiger partial charge in [0.25, 0.3) is 5.91 Å². The Morgan fingerprint density at radius 3 is 2.41 bits per heavy atom. The third kappa shape index (κ3) is 5.66. The van der Waals surface area contributed by atoms with Crippen LogP contribution in [-0.2, 0) is 9.53 Å². The third-order valence-corrected chi connectivity index (χ3v) is 2.61. The zero-order chi connectivity index (χ0) is 16.5. The van der Waals surface area contributed by atoms with E-state index in [1.165, 1.54) is 6.08 Å². The highest BCUT2D eigenvalue weighted by atomic mass is 16.5. The lowest BCUT2D eigenvalue weighted by molar-refractivity contribution is -0.123. The summed E-state index contributed by atoms with van der Waals surface area (Å²) < 4.78 is 4.83. The molecular formula is C15H19N3O4. The summed E-state index contributed by atoms with van der Waals surface area (Å²) in [7, 11) is 3.77. The second-order valence-electron chi connectivity index (χ2n) is 4.56. The number of hydrogen-bond donors (Lipinski definition) is 2. The minimum atomic E-state index is -0.708. The molecule has 118 valence electrons. The van der Waals surface area contributed by atoms with Crippen molar-refractivity contribution >= 4 is 23.6 Å². The molecule has 0 aliphatic heterocycles. The first-order chi connectivity index (χ1) is 10.4. The maximum Gasteiger partial charge on any atom is 0.338 e. The predicted octanol–water partition coefficient (Wildman–Crippen LogP) is 0.921. The fourth-order valence-corrected chi connectivity index (χ4v) is 1.48. The number of esters is 1. The van der Waals surface area contributed by atoms with Gasteiger partial charge in [-0.25, -0.2) is 9.59 Å². The van der Waals surface area contributed by atoms with Crippen LogP contribution in [0.15, 0.2) is 36.9 Å². The van der Waals surface area contributed by atoms with Gasteiger partial charge in [0.2, 0.25) is 0 Å². The monoisotopic (exact) mass is 305 g/mol. The molecule has 22 heavy (non-hydrogen) atoms. The van der Waals surface area contributed by atoms with Gasteiger partial charge >= 0.3 is 12.0 Å². The summed E-state index contributed by atoms with van der Waals surface area (Å²) >= 11 is 0. The summed E-state index contributed by atoms with van der Waals surface area (Å²) in [6.07, 6.45) is 1.47. The Balaban J connectivity index is 2.43. The lowest BCUT2D eigenvalue weighted by Crippen LogP contribution is -2.41. The van der Waals surface area contributed by atoms with Crippen molar-refractivity contribution in [3.63, 3.8) is 0 Å². The van der Waals surface area contributed by atoms with Gasteiger partial charge in [0.15, 0.2) is 6.61 Å². The molecule has 1 rings (SSSR count). The summed E-state index contributed by atoms with van der Waals surface area (Å²) in [6.45, 7) is 3.12. The second kappa shape index (κ2) is 8.46. The molecule has 0 heterocycles. The molecule has 2 N–H and O–H groups in total. The van der Waals surface area contributed by atoms with Crippen molar-refractivity contribution in [1.82, 2.24) is 10.6 Å². The fourth-order valence-electron chi connectivity index (χ4n) is 1.48. The van der Waals surface area contributed by atoms with E-state index in [0.717, 1.165) is 5.69 Å². The lowest BCUT2D eigenvalue weighted by Gasteiger charge is -2.12. The van der Waals surface area contributed by atoms with Crippen molar-refractivity contribution < 1.29 is 19.1 Å². The zero-order valence-corrected chi connectivity index (χ0v) is 12.6. The lowest BCUT2D eigenvalue weighted by atomic mass is 10.2. The van der Waals surface area contributed by atoms with Gasteiger partial charge in [0.05, 0.1) is 5.56 Å². The minimum Gasteiger partial charge on any atom is -0.452 e. The van der Waals surface area contributed by atoms with Crippen molar-refractivity contribution in [2.45, 2.75) is 0 Å². The van der Waals surface area contributed by atoms with Crippen molar-refractivity contribution in [2.24, 2.45) is 0 Å². The molecule has 1 aromatic rings. The fraction of sp³-hybridized carbons (Fsp3) is 0.267. The molecular weight excluding hydrogens is 286 g/mol.